The van der Waals surface area contributed by atoms with E-state index in [-0.39, 0.29) is 12.2 Å². The molecular weight excluding hydrogens is 445 g/mol. The van der Waals surface area contributed by atoms with Crippen LogP contribution in [-0.2, 0) is 21.3 Å². The van der Waals surface area contributed by atoms with Crippen molar-refractivity contribution < 1.29 is 45.2 Å². The summed E-state index contributed by atoms with van der Waals surface area (Å²) in [5.41, 5.74) is -4.89. The maximum atomic E-state index is 12.6. The number of nitrogens with zero attached hydrogens (tertiary/aromatic N) is 2. The van der Waals surface area contributed by atoms with E-state index in [1.54, 1.807) is 12.1 Å². The molecule has 0 atom stereocenters. The molecule has 1 aromatic carbocycles. The van der Waals surface area contributed by atoms with Crippen molar-refractivity contribution in [3.8, 4) is 17.0 Å². The number of methoxy groups -OCH3 is 1. The number of amides is 1. The Kier molecular flexibility index (Phi) is 5.81. The molecule has 1 aromatic heterocycles. The van der Waals surface area contributed by atoms with Gasteiger partial charge in [0.1, 0.15) is 0 Å². The first kappa shape index (κ1) is 22.3. The average Bonchev–Trinajstić information content (AvgIpc) is 2.71. The lowest BCUT2D eigenvalue weighted by molar-refractivity contribution is -0.0500. The van der Waals surface area contributed by atoms with Crippen LogP contribution in [0.2, 0.25) is 0 Å². The molecule has 3 rings (SSSR count). The fourth-order valence-corrected chi connectivity index (χ4v) is 3.48. The summed E-state index contributed by atoms with van der Waals surface area (Å²) in [6.45, 7) is 0.286. The van der Waals surface area contributed by atoms with Gasteiger partial charge in [0.2, 0.25) is 0 Å². The van der Waals surface area contributed by atoms with E-state index in [0.717, 1.165) is 29.7 Å². The fraction of sp³-hybridized carbons (Fsp3) is 0.278. The minimum absolute atomic E-state index is 0.0656. The molecule has 31 heavy (non-hydrogen) atoms. The summed E-state index contributed by atoms with van der Waals surface area (Å²) < 4.78 is 69.0. The zero-order valence-electron chi connectivity index (χ0n) is 15.8. The van der Waals surface area contributed by atoms with Crippen LogP contribution in [0.1, 0.15) is 22.5 Å². The van der Waals surface area contributed by atoms with Gasteiger partial charge in [-0.05, 0) is 36.6 Å². The third-order valence-corrected chi connectivity index (χ3v) is 5.42. The number of aryl methyl sites for hydroxylation is 1. The Hall–Kier alpha value is -3.35. The molecule has 0 spiro atoms. The second-order valence-corrected chi connectivity index (χ2v) is 7.94. The van der Waals surface area contributed by atoms with Crippen molar-refractivity contribution in [3.05, 3.63) is 41.6 Å². The molecule has 0 unspecified atom stereocenters. The van der Waals surface area contributed by atoms with Crippen molar-refractivity contribution >= 4 is 27.9 Å². The highest BCUT2D eigenvalue weighted by Gasteiger charge is 2.49. The Balaban J connectivity index is 2.07. The van der Waals surface area contributed by atoms with Crippen molar-refractivity contribution in [2.24, 2.45) is 0 Å². The van der Waals surface area contributed by atoms with E-state index in [2.05, 4.69) is 13.9 Å². The van der Waals surface area contributed by atoms with Gasteiger partial charge in [-0.15, -0.1) is 0 Å². The van der Waals surface area contributed by atoms with Gasteiger partial charge in [0, 0.05) is 12.1 Å². The number of rotatable bonds is 4. The van der Waals surface area contributed by atoms with Crippen LogP contribution in [0.15, 0.2) is 30.3 Å². The van der Waals surface area contributed by atoms with Crippen LogP contribution in [-0.4, -0.2) is 49.7 Å². The summed E-state index contributed by atoms with van der Waals surface area (Å²) in [4.78, 5) is 28.5. The molecule has 166 valence electrons. The number of esters is 1. The molecule has 0 saturated carbocycles. The second kappa shape index (κ2) is 8.06. The largest absolute Gasteiger partial charge is 0.534 e. The molecule has 1 amide bonds. The zero-order chi connectivity index (χ0) is 23.0. The summed E-state index contributed by atoms with van der Waals surface area (Å²) in [6.07, 6.45) is 0.146. The topological polar surface area (TPSA) is 123 Å². The van der Waals surface area contributed by atoms with E-state index in [9.17, 15) is 36.3 Å². The van der Waals surface area contributed by atoms with Crippen molar-refractivity contribution in [1.82, 2.24) is 4.98 Å². The third kappa shape index (κ3) is 4.40. The molecule has 0 radical (unpaired) electrons. The zero-order valence-corrected chi connectivity index (χ0v) is 16.7. The summed E-state index contributed by atoms with van der Waals surface area (Å²) >= 11 is 0. The smallest absolute Gasteiger partial charge is 0.465 e. The predicted molar refractivity (Wildman–Crippen MR) is 100 cm³/mol. The van der Waals surface area contributed by atoms with Gasteiger partial charge in [0.15, 0.2) is 11.4 Å². The molecule has 1 aliphatic heterocycles. The second-order valence-electron chi connectivity index (χ2n) is 6.40. The van der Waals surface area contributed by atoms with Gasteiger partial charge in [-0.3, -0.25) is 4.90 Å². The van der Waals surface area contributed by atoms with Gasteiger partial charge < -0.3 is 14.0 Å². The fourth-order valence-electron chi connectivity index (χ4n) is 3.02. The highest BCUT2D eigenvalue weighted by atomic mass is 32.2. The number of fused-ring (bicyclic) bond motifs is 1. The Morgan fingerprint density at radius 1 is 1.19 bits per heavy atom. The van der Waals surface area contributed by atoms with E-state index in [1.165, 1.54) is 6.07 Å². The van der Waals surface area contributed by atoms with Crippen molar-refractivity contribution in [3.63, 3.8) is 0 Å². The molecular formula is C18H15F3N2O7S. The Labute approximate surface area is 174 Å². The standard InChI is InChI=1S/C18H15F3N2O7S/c1-29-16(24)15-14(30-31(27,28)18(19,20)21)7-6-12(22-15)11-5-4-10-3-2-8-23(17(25)26)13(10)9-11/h4-7,9H,2-3,8H2,1H3,(H,25,26). The van der Waals surface area contributed by atoms with Crippen molar-refractivity contribution in [1.29, 1.82) is 0 Å². The molecule has 0 aliphatic carbocycles. The number of hydrogen-bond acceptors (Lipinski definition) is 7. The van der Waals surface area contributed by atoms with Crippen LogP contribution in [0, 0.1) is 0 Å². The first-order valence-electron chi connectivity index (χ1n) is 8.68. The van der Waals surface area contributed by atoms with Crippen molar-refractivity contribution in [2.45, 2.75) is 18.3 Å². The SMILES string of the molecule is COC(=O)c1nc(-c2ccc3c(c2)N(C(=O)O)CCC3)ccc1OS(=O)(=O)C(F)(F)F. The molecule has 9 nitrogen and oxygen atoms in total. The normalized spacial score (nSPS) is 14.0. The Morgan fingerprint density at radius 2 is 1.90 bits per heavy atom. The highest BCUT2D eigenvalue weighted by molar-refractivity contribution is 7.88. The van der Waals surface area contributed by atoms with Gasteiger partial charge in [-0.25, -0.2) is 14.6 Å². The molecule has 0 bridgehead atoms. The minimum Gasteiger partial charge on any atom is -0.465 e. The van der Waals surface area contributed by atoms with Gasteiger partial charge in [-0.1, -0.05) is 12.1 Å². The van der Waals surface area contributed by atoms with Crippen LogP contribution >= 0.6 is 0 Å². The Bertz CT molecular complexity index is 1150. The lowest BCUT2D eigenvalue weighted by Crippen LogP contribution is -2.34. The van der Waals surface area contributed by atoms with Crippen LogP contribution < -0.4 is 9.08 Å². The number of benzene rings is 1. The van der Waals surface area contributed by atoms with Crippen LogP contribution in [0.25, 0.3) is 11.3 Å². The number of ether oxygens (including phenoxy) is 1. The number of alkyl halides is 3. The molecule has 1 N–H and O–H groups in total. The summed E-state index contributed by atoms with van der Waals surface area (Å²) in [5.74, 6) is -2.18. The van der Waals surface area contributed by atoms with E-state index in [4.69, 9.17) is 0 Å². The van der Waals surface area contributed by atoms with E-state index in [1.807, 2.05) is 0 Å². The molecule has 0 fully saturated rings. The average molecular weight is 460 g/mol. The Morgan fingerprint density at radius 3 is 2.52 bits per heavy atom. The van der Waals surface area contributed by atoms with Crippen LogP contribution in [0.4, 0.5) is 23.7 Å². The summed E-state index contributed by atoms with van der Waals surface area (Å²) in [5, 5.41) is 9.39. The maximum absolute atomic E-state index is 12.6. The third-order valence-electron chi connectivity index (χ3n) is 4.45. The molecule has 0 saturated heterocycles. The molecule has 1 aliphatic rings. The molecule has 13 heteroatoms. The van der Waals surface area contributed by atoms with Gasteiger partial charge >= 0.3 is 27.7 Å². The summed E-state index contributed by atoms with van der Waals surface area (Å²) in [6, 6.07) is 6.77. The highest BCUT2D eigenvalue weighted by Crippen LogP contribution is 2.34. The number of pyridine rings is 1. The predicted octanol–water partition coefficient (Wildman–Crippen LogP) is 3.19. The van der Waals surface area contributed by atoms with Gasteiger partial charge in [0.25, 0.3) is 0 Å². The quantitative estimate of drug-likeness (QED) is 0.419. The number of carbonyl (C=O) groups is 2. The number of carboxylic acid groups (broad SMARTS) is 1. The first-order chi connectivity index (χ1) is 14.4. The maximum Gasteiger partial charge on any atom is 0.534 e. The monoisotopic (exact) mass is 460 g/mol. The number of halogens is 3. The van der Waals surface area contributed by atoms with E-state index >= 15 is 0 Å². The molecule has 2 aromatic rings. The van der Waals surface area contributed by atoms with Gasteiger partial charge in [-0.2, -0.15) is 21.6 Å². The lowest BCUT2D eigenvalue weighted by atomic mass is 9.98. The van der Waals surface area contributed by atoms with Crippen molar-refractivity contribution in [2.75, 3.05) is 18.6 Å². The lowest BCUT2D eigenvalue weighted by Gasteiger charge is -2.27. The number of anilines is 1. The molecule has 2 heterocycles. The number of carbonyl (C=O) groups excluding carboxylic acids is 1. The van der Waals surface area contributed by atoms with E-state index < -0.39 is 39.1 Å². The van der Waals surface area contributed by atoms with Crippen LogP contribution in [0.5, 0.6) is 5.75 Å². The van der Waals surface area contributed by atoms with Crippen LogP contribution in [0.3, 0.4) is 0 Å². The first-order valence-corrected chi connectivity index (χ1v) is 10.1. The minimum atomic E-state index is -6.04. The van der Waals surface area contributed by atoms with E-state index in [0.29, 0.717) is 24.1 Å². The van der Waals surface area contributed by atoms with Gasteiger partial charge in [0.05, 0.1) is 18.5 Å². The summed E-state index contributed by atoms with van der Waals surface area (Å²) in [7, 11) is -5.11. The number of hydrogen-bond donors (Lipinski definition) is 1. The number of aromatic nitrogens is 1.